The van der Waals surface area contributed by atoms with Gasteiger partial charge in [0.15, 0.2) is 23.0 Å². The third-order valence-electron chi connectivity index (χ3n) is 6.04. The van der Waals surface area contributed by atoms with E-state index in [-0.39, 0.29) is 0 Å². The zero-order valence-corrected chi connectivity index (χ0v) is 21.3. The third kappa shape index (κ3) is 4.57. The van der Waals surface area contributed by atoms with E-state index in [4.69, 9.17) is 18.9 Å². The third-order valence-corrected chi connectivity index (χ3v) is 6.04. The highest BCUT2D eigenvalue weighted by Gasteiger charge is 2.28. The van der Waals surface area contributed by atoms with Crippen molar-refractivity contribution in [3.8, 4) is 46.0 Å². The molecule has 0 unspecified atom stereocenters. The molecular formula is C31H30O4. The van der Waals surface area contributed by atoms with Crippen molar-refractivity contribution in [2.75, 3.05) is 0 Å². The van der Waals surface area contributed by atoms with Crippen LogP contribution >= 0.6 is 0 Å². The minimum Gasteiger partial charge on any atom is -0.457 e. The first-order chi connectivity index (χ1) is 16.7. The minimum atomic E-state index is 0.597. The van der Waals surface area contributed by atoms with Gasteiger partial charge in [0.2, 0.25) is 5.75 Å². The molecule has 0 radical (unpaired) electrons. The maximum Gasteiger partial charge on any atom is 0.213 e. The summed E-state index contributed by atoms with van der Waals surface area (Å²) in [4.78, 5) is 0. The molecule has 0 saturated carbocycles. The molecule has 5 rings (SSSR count). The summed E-state index contributed by atoms with van der Waals surface area (Å²) in [6.45, 7) is 14.3. The van der Waals surface area contributed by atoms with Gasteiger partial charge in [-0.05, 0) is 124 Å². The first-order valence-corrected chi connectivity index (χ1v) is 11.8. The number of rotatable bonds is 4. The Balaban J connectivity index is 1.52. The van der Waals surface area contributed by atoms with Crippen LogP contribution in [0.1, 0.15) is 38.9 Å². The maximum atomic E-state index is 6.47. The van der Waals surface area contributed by atoms with Crippen molar-refractivity contribution in [2.45, 2.75) is 48.5 Å². The van der Waals surface area contributed by atoms with Gasteiger partial charge in [-0.1, -0.05) is 12.1 Å². The lowest BCUT2D eigenvalue weighted by atomic mass is 10.1. The predicted molar refractivity (Wildman–Crippen MR) is 139 cm³/mol. The molecule has 0 atom stereocenters. The topological polar surface area (TPSA) is 36.9 Å². The van der Waals surface area contributed by atoms with E-state index < -0.39 is 0 Å². The Morgan fingerprint density at radius 3 is 1.54 bits per heavy atom. The Morgan fingerprint density at radius 2 is 0.943 bits per heavy atom. The van der Waals surface area contributed by atoms with Gasteiger partial charge in [0.05, 0.1) is 0 Å². The summed E-state index contributed by atoms with van der Waals surface area (Å²) in [5.74, 6) is 5.49. The van der Waals surface area contributed by atoms with Crippen LogP contribution in [0.3, 0.4) is 0 Å². The van der Waals surface area contributed by atoms with Crippen LogP contribution in [-0.4, -0.2) is 0 Å². The number of hydrogen-bond acceptors (Lipinski definition) is 4. The van der Waals surface area contributed by atoms with Crippen molar-refractivity contribution in [3.05, 3.63) is 93.5 Å². The number of benzene rings is 4. The number of fused-ring (bicyclic) bond motifs is 2. The average molecular weight is 467 g/mol. The second kappa shape index (κ2) is 8.70. The predicted octanol–water partition coefficient (Wildman–Crippen LogP) is 9.33. The summed E-state index contributed by atoms with van der Waals surface area (Å²) in [5.41, 5.74) is 7.50. The minimum absolute atomic E-state index is 0.597. The zero-order chi connectivity index (χ0) is 24.9. The molecule has 1 aliphatic rings. The lowest BCUT2D eigenvalue weighted by Crippen LogP contribution is -2.05. The lowest BCUT2D eigenvalue weighted by molar-refractivity contribution is 0.334. The second-order valence-electron chi connectivity index (χ2n) is 9.62. The van der Waals surface area contributed by atoms with Crippen LogP contribution in [0.2, 0.25) is 0 Å². The summed E-state index contributed by atoms with van der Waals surface area (Å²) >= 11 is 0. The van der Waals surface area contributed by atoms with Crippen molar-refractivity contribution in [3.63, 3.8) is 0 Å². The van der Waals surface area contributed by atoms with Crippen molar-refractivity contribution < 1.29 is 18.9 Å². The van der Waals surface area contributed by atoms with Crippen molar-refractivity contribution in [1.29, 1.82) is 0 Å². The standard InChI is InChI=1S/C31H30O4/c1-17-8-18(2)11-24(10-17)32-26-15-23(7)28-27(16-26)34-30-22(6)14-21(5)29(31(30)35-28)33-25-12-19(3)9-20(4)13-25/h8-16H,1-7H3. The Labute approximate surface area is 207 Å². The molecule has 1 aliphatic heterocycles. The van der Waals surface area contributed by atoms with Crippen LogP contribution in [-0.2, 0) is 0 Å². The first-order valence-electron chi connectivity index (χ1n) is 11.8. The molecule has 4 heteroatoms. The van der Waals surface area contributed by atoms with Gasteiger partial charge in [-0.2, -0.15) is 0 Å². The van der Waals surface area contributed by atoms with Gasteiger partial charge in [0, 0.05) is 6.07 Å². The van der Waals surface area contributed by atoms with Gasteiger partial charge in [-0.3, -0.25) is 0 Å². The summed E-state index contributed by atoms with van der Waals surface area (Å²) in [5, 5.41) is 0. The Hall–Kier alpha value is -3.92. The second-order valence-corrected chi connectivity index (χ2v) is 9.62. The SMILES string of the molecule is Cc1cc(C)cc(Oc2cc(C)c3c(c2)Oc2c(C)cc(C)c(Oc4cc(C)cc(C)c4)c2O3)c1. The monoisotopic (exact) mass is 466 g/mol. The van der Waals surface area contributed by atoms with E-state index >= 15 is 0 Å². The first kappa shape index (κ1) is 22.9. The van der Waals surface area contributed by atoms with E-state index in [1.165, 1.54) is 0 Å². The average Bonchev–Trinajstić information content (AvgIpc) is 2.74. The molecule has 0 saturated heterocycles. The van der Waals surface area contributed by atoms with Crippen molar-refractivity contribution in [1.82, 2.24) is 0 Å². The number of aryl methyl sites for hydroxylation is 7. The van der Waals surface area contributed by atoms with Crippen LogP contribution in [0, 0.1) is 48.5 Å². The number of hydrogen-bond donors (Lipinski definition) is 0. The van der Waals surface area contributed by atoms with Gasteiger partial charge >= 0.3 is 0 Å². The normalized spacial score (nSPS) is 11.7. The van der Waals surface area contributed by atoms with Gasteiger partial charge in [-0.25, -0.2) is 0 Å². The fourth-order valence-corrected chi connectivity index (χ4v) is 4.69. The van der Waals surface area contributed by atoms with Crippen LogP contribution in [0.4, 0.5) is 0 Å². The summed E-state index contributed by atoms with van der Waals surface area (Å²) in [7, 11) is 0. The molecule has 4 aromatic rings. The molecule has 0 aliphatic carbocycles. The van der Waals surface area contributed by atoms with Crippen molar-refractivity contribution >= 4 is 0 Å². The largest absolute Gasteiger partial charge is 0.457 e. The molecular weight excluding hydrogens is 436 g/mol. The van der Waals surface area contributed by atoms with Crippen LogP contribution < -0.4 is 18.9 Å². The smallest absolute Gasteiger partial charge is 0.213 e. The molecule has 0 aromatic heterocycles. The van der Waals surface area contributed by atoms with E-state index in [1.54, 1.807) is 0 Å². The van der Waals surface area contributed by atoms with E-state index in [0.717, 1.165) is 50.4 Å². The molecule has 0 amide bonds. The van der Waals surface area contributed by atoms with Crippen molar-refractivity contribution in [2.24, 2.45) is 0 Å². The van der Waals surface area contributed by atoms with Gasteiger partial charge < -0.3 is 18.9 Å². The van der Waals surface area contributed by atoms with Gasteiger partial charge in [-0.15, -0.1) is 0 Å². The molecule has 4 nitrogen and oxygen atoms in total. The maximum absolute atomic E-state index is 6.47. The Bertz CT molecular complexity index is 1430. The molecule has 178 valence electrons. The van der Waals surface area contributed by atoms with Crippen LogP contribution in [0.25, 0.3) is 0 Å². The van der Waals surface area contributed by atoms with Gasteiger partial charge in [0.1, 0.15) is 17.2 Å². The Kier molecular flexibility index (Phi) is 5.68. The molecule has 0 bridgehead atoms. The van der Waals surface area contributed by atoms with Crippen LogP contribution in [0.5, 0.6) is 46.0 Å². The molecule has 4 aromatic carbocycles. The fraction of sp³-hybridized carbons (Fsp3) is 0.226. The quantitative estimate of drug-likeness (QED) is 0.264. The van der Waals surface area contributed by atoms with E-state index in [1.807, 2.05) is 57.2 Å². The Morgan fingerprint density at radius 1 is 0.429 bits per heavy atom. The fourth-order valence-electron chi connectivity index (χ4n) is 4.69. The lowest BCUT2D eigenvalue weighted by Gasteiger charge is -2.27. The highest BCUT2D eigenvalue weighted by molar-refractivity contribution is 5.68. The summed E-state index contributed by atoms with van der Waals surface area (Å²) in [6.07, 6.45) is 0. The highest BCUT2D eigenvalue weighted by Crippen LogP contribution is 2.55. The molecule has 0 N–H and O–H groups in total. The number of ether oxygens (including phenoxy) is 4. The summed E-state index contributed by atoms with van der Waals surface area (Å²) in [6, 6.07) is 18.3. The molecule has 1 heterocycles. The highest BCUT2D eigenvalue weighted by atomic mass is 16.6. The van der Waals surface area contributed by atoms with E-state index in [2.05, 4.69) is 45.9 Å². The summed E-state index contributed by atoms with van der Waals surface area (Å²) < 4.78 is 25.4. The molecule has 35 heavy (non-hydrogen) atoms. The molecule has 0 fully saturated rings. The van der Waals surface area contributed by atoms with Gasteiger partial charge in [0.25, 0.3) is 0 Å². The van der Waals surface area contributed by atoms with E-state index in [9.17, 15) is 0 Å². The zero-order valence-electron chi connectivity index (χ0n) is 21.3. The molecule has 0 spiro atoms. The van der Waals surface area contributed by atoms with E-state index in [0.29, 0.717) is 34.5 Å². The van der Waals surface area contributed by atoms with Crippen LogP contribution in [0.15, 0.2) is 54.6 Å².